The molecule has 1 saturated heterocycles. The quantitative estimate of drug-likeness (QED) is 0.0325. The van der Waals surface area contributed by atoms with Crippen LogP contribution in [0.5, 0.6) is 5.75 Å². The Balaban J connectivity index is 1.63. The number of amides is 4. The molecule has 0 radical (unpaired) electrons. The minimum absolute atomic E-state index is 0.0439. The highest BCUT2D eigenvalue weighted by atomic mass is 16.5. The third-order valence-corrected chi connectivity index (χ3v) is 9.76. The van der Waals surface area contributed by atoms with Gasteiger partial charge in [-0.2, -0.15) is 0 Å². The second-order valence-electron chi connectivity index (χ2n) is 14.2. The molecular formula is C39H57N5O12. The largest absolute Gasteiger partial charge is 0.507 e. The molecule has 3 rings (SSSR count). The summed E-state index contributed by atoms with van der Waals surface area (Å²) >= 11 is 0. The summed E-state index contributed by atoms with van der Waals surface area (Å²) in [6.07, 6.45) is 7.27. The van der Waals surface area contributed by atoms with Crippen LogP contribution in [0.25, 0.3) is 0 Å². The molecule has 4 amide bonds. The summed E-state index contributed by atoms with van der Waals surface area (Å²) in [6.45, 7) is 5.01. The highest BCUT2D eigenvalue weighted by Crippen LogP contribution is 2.25. The van der Waals surface area contributed by atoms with Gasteiger partial charge in [0.25, 0.3) is 11.8 Å². The van der Waals surface area contributed by atoms with Crippen molar-refractivity contribution >= 4 is 41.5 Å². The molecule has 2 heterocycles. The molecule has 0 spiro atoms. The van der Waals surface area contributed by atoms with Gasteiger partial charge in [-0.05, 0) is 83.3 Å². The van der Waals surface area contributed by atoms with Crippen LogP contribution >= 0.6 is 0 Å². The molecule has 1 aromatic rings. The van der Waals surface area contributed by atoms with Gasteiger partial charge in [0.05, 0.1) is 11.5 Å². The zero-order chi connectivity index (χ0) is 41.2. The summed E-state index contributed by atoms with van der Waals surface area (Å²) in [5.41, 5.74) is 0.298. The third-order valence-electron chi connectivity index (χ3n) is 9.76. The Morgan fingerprint density at radius 3 is 2.54 bits per heavy atom. The number of para-hydroxylation sites is 1. The van der Waals surface area contributed by atoms with E-state index in [9.17, 15) is 44.3 Å². The van der Waals surface area contributed by atoms with E-state index in [0.717, 1.165) is 19.3 Å². The lowest BCUT2D eigenvalue weighted by Gasteiger charge is -2.27. The first-order chi connectivity index (χ1) is 26.7. The van der Waals surface area contributed by atoms with Gasteiger partial charge < -0.3 is 30.3 Å². The zero-order valence-electron chi connectivity index (χ0n) is 32.4. The molecule has 6 unspecified atom stereocenters. The van der Waals surface area contributed by atoms with E-state index in [4.69, 9.17) is 14.6 Å². The first kappa shape index (κ1) is 45.4. The Morgan fingerprint density at radius 1 is 1.09 bits per heavy atom. The summed E-state index contributed by atoms with van der Waals surface area (Å²) < 4.78 is 11.6. The number of nitrogens with zero attached hydrogens (tertiary/aromatic N) is 3. The average Bonchev–Trinajstić information content (AvgIpc) is 3.49. The fraction of sp³-hybridized carbons (Fsp3) is 0.615. The number of aliphatic carboxylic acids is 1. The molecule has 17 heteroatoms. The van der Waals surface area contributed by atoms with Crippen LogP contribution < -0.4 is 10.6 Å². The van der Waals surface area contributed by atoms with Crippen molar-refractivity contribution in [3.63, 3.8) is 0 Å². The van der Waals surface area contributed by atoms with Gasteiger partial charge in [0.15, 0.2) is 6.04 Å². The second kappa shape index (κ2) is 23.1. The Morgan fingerprint density at radius 2 is 1.82 bits per heavy atom. The fourth-order valence-electron chi connectivity index (χ4n) is 6.35. The number of carbonyl (C=O) groups excluding carboxylic acids is 5. The van der Waals surface area contributed by atoms with E-state index in [1.807, 2.05) is 0 Å². The van der Waals surface area contributed by atoms with Crippen molar-refractivity contribution in [2.24, 2.45) is 10.9 Å². The standard InChI is InChI=1S/C39H57N5O12/c1-4-31(25(2)35(49)40-28-18-13-16-24-44(54)38(28)51)56-39(52)29(41-36(50)34-26(3)55-37(42-34)27-17-11-12-20-30(27)45)19-14-15-23-43(53)32(46)21-9-7-5-6-8-10-22-33(47)48/h9,11-12,17,20-21,25-26,28-29,31,34,45,53-54H,4-8,10,13-16,18-19,22-24H2,1-3H3,(H,40,49)(H,41,50)(H,47,48)/b21-9-. The van der Waals surface area contributed by atoms with Gasteiger partial charge in [-0.25, -0.2) is 19.9 Å². The van der Waals surface area contributed by atoms with Gasteiger partial charge in [-0.3, -0.25) is 34.4 Å². The normalized spacial score (nSPS) is 19.9. The van der Waals surface area contributed by atoms with E-state index in [0.29, 0.717) is 47.8 Å². The van der Waals surface area contributed by atoms with Gasteiger partial charge >= 0.3 is 11.9 Å². The smallest absolute Gasteiger partial charge is 0.328 e. The number of nitrogens with one attached hydrogen (secondary N) is 2. The van der Waals surface area contributed by atoms with Gasteiger partial charge in [-0.1, -0.05) is 44.9 Å². The van der Waals surface area contributed by atoms with Crippen LogP contribution in [-0.4, -0.2) is 116 Å². The van der Waals surface area contributed by atoms with Crippen LogP contribution in [0.4, 0.5) is 0 Å². The molecule has 0 saturated carbocycles. The third kappa shape index (κ3) is 14.2. The highest BCUT2D eigenvalue weighted by molar-refractivity contribution is 6.01. The Labute approximate surface area is 327 Å². The molecule has 6 N–H and O–H groups in total. The minimum atomic E-state index is -1.21. The number of allylic oxidation sites excluding steroid dienone is 1. The van der Waals surface area contributed by atoms with Crippen molar-refractivity contribution in [2.45, 2.75) is 135 Å². The van der Waals surface area contributed by atoms with Gasteiger partial charge in [0.1, 0.15) is 30.0 Å². The number of hydrogen-bond acceptors (Lipinski definition) is 12. The van der Waals surface area contributed by atoms with Crippen LogP contribution in [0.15, 0.2) is 41.4 Å². The van der Waals surface area contributed by atoms with Crippen LogP contribution in [0.1, 0.15) is 110 Å². The van der Waals surface area contributed by atoms with Crippen LogP contribution in [-0.2, 0) is 38.2 Å². The summed E-state index contributed by atoms with van der Waals surface area (Å²) in [5, 5.41) is 45.8. The highest BCUT2D eigenvalue weighted by Gasteiger charge is 2.38. The summed E-state index contributed by atoms with van der Waals surface area (Å²) in [4.78, 5) is 80.4. The van der Waals surface area contributed by atoms with Crippen LogP contribution in [0, 0.1) is 5.92 Å². The van der Waals surface area contributed by atoms with Crippen molar-refractivity contribution in [3.8, 4) is 5.75 Å². The molecule has 6 atom stereocenters. The van der Waals surface area contributed by atoms with Crippen molar-refractivity contribution in [2.75, 3.05) is 13.1 Å². The summed E-state index contributed by atoms with van der Waals surface area (Å²) in [5.74, 6) is -4.99. The van der Waals surface area contributed by atoms with E-state index >= 15 is 0 Å². The Kier molecular flexibility index (Phi) is 18.7. The molecular weight excluding hydrogens is 730 g/mol. The van der Waals surface area contributed by atoms with Crippen molar-refractivity contribution in [1.82, 2.24) is 20.8 Å². The lowest BCUT2D eigenvalue weighted by molar-refractivity contribution is -0.167. The van der Waals surface area contributed by atoms with Crippen molar-refractivity contribution in [1.29, 1.82) is 0 Å². The number of carboxylic acid groups (broad SMARTS) is 1. The number of aliphatic imine (C=N–C) groups is 1. The number of phenolic OH excluding ortho intramolecular Hbond substituents is 1. The van der Waals surface area contributed by atoms with Gasteiger partial charge in [-0.15, -0.1) is 0 Å². The predicted octanol–water partition coefficient (Wildman–Crippen LogP) is 3.62. The topological polar surface area (TPSA) is 245 Å². The molecule has 0 bridgehead atoms. The maximum Gasteiger partial charge on any atom is 0.328 e. The van der Waals surface area contributed by atoms with E-state index < -0.39 is 71.8 Å². The number of aromatic hydroxyl groups is 1. The maximum absolute atomic E-state index is 13.7. The van der Waals surface area contributed by atoms with Crippen molar-refractivity contribution < 1.29 is 58.9 Å². The number of carbonyl (C=O) groups is 6. The molecule has 0 aliphatic carbocycles. The number of unbranched alkanes of at least 4 members (excludes halogenated alkanes) is 5. The average molecular weight is 788 g/mol. The van der Waals surface area contributed by atoms with Crippen LogP contribution in [0.3, 0.4) is 0 Å². The fourth-order valence-corrected chi connectivity index (χ4v) is 6.35. The first-order valence-corrected chi connectivity index (χ1v) is 19.5. The first-order valence-electron chi connectivity index (χ1n) is 19.5. The number of phenols is 1. The molecule has 56 heavy (non-hydrogen) atoms. The monoisotopic (exact) mass is 787 g/mol. The molecule has 2 aliphatic heterocycles. The Hall–Kier alpha value is -5.03. The van der Waals surface area contributed by atoms with E-state index in [1.54, 1.807) is 45.0 Å². The van der Waals surface area contributed by atoms with E-state index in [1.165, 1.54) is 12.1 Å². The predicted molar refractivity (Wildman–Crippen MR) is 201 cm³/mol. The SMILES string of the molecule is CCC(OC(=O)C(CCCCN(O)C(=O)/C=C\CCCCCCC(=O)O)NC(=O)C1N=C(c2ccccc2O)OC1C)C(C)C(=O)NC1CCCCN(O)C1=O. The van der Waals surface area contributed by atoms with E-state index in [2.05, 4.69) is 15.6 Å². The van der Waals surface area contributed by atoms with E-state index in [-0.39, 0.29) is 56.8 Å². The van der Waals surface area contributed by atoms with Crippen molar-refractivity contribution in [3.05, 3.63) is 42.0 Å². The number of carboxylic acids is 1. The molecule has 1 fully saturated rings. The Bertz CT molecular complexity index is 1570. The molecule has 310 valence electrons. The molecule has 2 aliphatic rings. The number of ether oxygens (including phenoxy) is 2. The summed E-state index contributed by atoms with van der Waals surface area (Å²) in [7, 11) is 0. The van der Waals surface area contributed by atoms with Crippen LogP contribution in [0.2, 0.25) is 0 Å². The zero-order valence-corrected chi connectivity index (χ0v) is 32.4. The second-order valence-corrected chi connectivity index (χ2v) is 14.2. The lowest BCUT2D eigenvalue weighted by atomic mass is 10.00. The molecule has 17 nitrogen and oxygen atoms in total. The van der Waals surface area contributed by atoms with Gasteiger partial charge in [0, 0.05) is 25.6 Å². The number of benzene rings is 1. The summed E-state index contributed by atoms with van der Waals surface area (Å²) in [6, 6.07) is 3.15. The number of hydrogen-bond donors (Lipinski definition) is 6. The molecule has 1 aromatic carbocycles. The maximum atomic E-state index is 13.7. The number of esters is 1. The number of rotatable bonds is 22. The van der Waals surface area contributed by atoms with Gasteiger partial charge in [0.2, 0.25) is 17.7 Å². The molecule has 0 aromatic heterocycles. The lowest BCUT2D eigenvalue weighted by Crippen LogP contribution is -2.51. The minimum Gasteiger partial charge on any atom is -0.507 e. The number of hydroxylamine groups is 4.